The van der Waals surface area contributed by atoms with Gasteiger partial charge in [-0.05, 0) is 25.2 Å². The molecule has 0 radical (unpaired) electrons. The monoisotopic (exact) mass is 481 g/mol. The molecule has 3 aliphatic carbocycles. The summed E-state index contributed by atoms with van der Waals surface area (Å²) in [5.41, 5.74) is -1.03. The predicted molar refractivity (Wildman–Crippen MR) is 107 cm³/mol. The molecule has 3 N–H and O–H groups in total. The molecule has 4 aliphatic rings. The second kappa shape index (κ2) is 7.29. The molecule has 10 nitrogen and oxygen atoms in total. The molecule has 14 heteroatoms. The number of carbonyl (C=O) groups excluding carboxylic acids is 1. The first-order chi connectivity index (χ1) is 16.2. The molecular weight excluding hydrogens is 462 g/mol. The molecule has 3 saturated carbocycles. The number of nitrogens with zero attached hydrogens (tertiary/aromatic N) is 4. The van der Waals surface area contributed by atoms with Crippen LogP contribution in [-0.4, -0.2) is 55.1 Å². The quantitative estimate of drug-likeness (QED) is 0.479. The molecule has 3 aromatic rings. The van der Waals surface area contributed by atoms with Crippen LogP contribution in [0, 0.1) is 5.92 Å². The summed E-state index contributed by atoms with van der Waals surface area (Å²) in [5.74, 6) is 0.599. The average Bonchev–Trinajstić information content (AvgIpc) is 3.44. The van der Waals surface area contributed by atoms with Crippen molar-refractivity contribution in [2.75, 3.05) is 11.9 Å². The number of rotatable bonds is 5. The number of hydrogen-bond donors (Lipinski definition) is 3. The van der Waals surface area contributed by atoms with Crippen LogP contribution in [0.3, 0.4) is 0 Å². The van der Waals surface area contributed by atoms with Gasteiger partial charge in [0, 0.05) is 30.1 Å². The van der Waals surface area contributed by atoms with Crippen molar-refractivity contribution >= 4 is 23.5 Å². The number of alkyl carbamates (subject to hydrolysis) is 1. The first kappa shape index (κ1) is 21.1. The molecule has 7 rings (SSSR count). The van der Waals surface area contributed by atoms with Gasteiger partial charge in [-0.2, -0.15) is 18.3 Å². The number of fused-ring (bicyclic) bond motifs is 1. The molecule has 0 spiro atoms. The minimum absolute atomic E-state index is 0.0423. The van der Waals surface area contributed by atoms with E-state index in [1.54, 1.807) is 0 Å². The normalized spacial score (nSPS) is 30.0. The van der Waals surface area contributed by atoms with Gasteiger partial charge >= 0.3 is 12.3 Å². The zero-order valence-corrected chi connectivity index (χ0v) is 17.5. The fraction of sp³-hybridized carbons (Fsp3) is 0.500. The number of anilines is 2. The summed E-state index contributed by atoms with van der Waals surface area (Å²) in [4.78, 5) is 19.6. The number of ether oxygens (including phenoxy) is 2. The van der Waals surface area contributed by atoms with Crippen molar-refractivity contribution in [2.45, 2.75) is 49.4 Å². The maximum atomic E-state index is 15.0. The summed E-state index contributed by atoms with van der Waals surface area (Å²) in [7, 11) is 0. The highest BCUT2D eigenvalue weighted by Crippen LogP contribution is 2.57. The van der Waals surface area contributed by atoms with Crippen LogP contribution in [0.1, 0.15) is 36.8 Å². The number of aromatic amines is 1. The Morgan fingerprint density at radius 3 is 2.79 bits per heavy atom. The van der Waals surface area contributed by atoms with E-state index in [9.17, 15) is 22.4 Å². The molecule has 4 fully saturated rings. The number of alkyl halides is 4. The largest absolute Gasteiger partial charge is 0.441 e. The van der Waals surface area contributed by atoms with Gasteiger partial charge in [0.05, 0.1) is 12.3 Å². The van der Waals surface area contributed by atoms with Crippen LogP contribution in [0.5, 0.6) is 0 Å². The minimum atomic E-state index is -4.67. The second-order valence-corrected chi connectivity index (χ2v) is 8.98. The molecule has 2 bridgehead atoms. The van der Waals surface area contributed by atoms with Crippen LogP contribution in [0.15, 0.2) is 24.5 Å². The predicted octanol–water partition coefficient (Wildman–Crippen LogP) is 3.27. The lowest BCUT2D eigenvalue weighted by Crippen LogP contribution is -2.68. The van der Waals surface area contributed by atoms with E-state index in [1.165, 1.54) is 22.9 Å². The zero-order chi connectivity index (χ0) is 23.7. The maximum Gasteiger partial charge on any atom is 0.433 e. The lowest BCUT2D eigenvalue weighted by Gasteiger charge is -2.61. The van der Waals surface area contributed by atoms with Crippen molar-refractivity contribution in [1.82, 2.24) is 29.9 Å². The summed E-state index contributed by atoms with van der Waals surface area (Å²) in [6.07, 6.45) is -3.59. The summed E-state index contributed by atoms with van der Waals surface area (Å²) < 4.78 is 66.6. The highest BCUT2D eigenvalue weighted by molar-refractivity contribution is 5.69. The molecule has 0 aromatic carbocycles. The third-order valence-corrected chi connectivity index (χ3v) is 6.57. The molecule has 4 heterocycles. The number of imidazole rings is 1. The lowest BCUT2D eigenvalue weighted by atomic mass is 9.50. The highest BCUT2D eigenvalue weighted by atomic mass is 19.4. The topological polar surface area (TPSA) is 118 Å². The number of nitrogens with one attached hydrogen (secondary N) is 3. The van der Waals surface area contributed by atoms with Crippen molar-refractivity contribution in [3.63, 3.8) is 0 Å². The van der Waals surface area contributed by atoms with Crippen LogP contribution in [0.4, 0.5) is 34.1 Å². The smallest absolute Gasteiger partial charge is 0.433 e. The standard InChI is InChI=1S/C20H19F4N7O3/c21-15-11(34-18(32)28-19-5-9(6-19)7-19)8-33-16(15)10-3-13(30-29-10)27-17-26-12(20(22,23)24)4-14-25-1-2-31(14)17/h1-4,9,11,15-16H,5-8H2,(H,28,32)(H2,26,27,29,30)/t9?,11-,15-,16-,19?/m0/s1. The van der Waals surface area contributed by atoms with Gasteiger partial charge in [0.1, 0.15) is 11.8 Å². The number of hydrogen-bond acceptors (Lipinski definition) is 7. The van der Waals surface area contributed by atoms with Crippen molar-refractivity contribution in [3.8, 4) is 0 Å². The summed E-state index contributed by atoms with van der Waals surface area (Å²) in [5, 5.41) is 12.1. The van der Waals surface area contributed by atoms with Crippen LogP contribution in [0.25, 0.3) is 5.65 Å². The highest BCUT2D eigenvalue weighted by Gasteiger charge is 2.58. The van der Waals surface area contributed by atoms with Crippen LogP contribution < -0.4 is 10.6 Å². The molecule has 34 heavy (non-hydrogen) atoms. The van der Waals surface area contributed by atoms with Gasteiger partial charge in [0.2, 0.25) is 5.95 Å². The van der Waals surface area contributed by atoms with Gasteiger partial charge in [-0.15, -0.1) is 0 Å². The molecule has 180 valence electrons. The number of aromatic nitrogens is 5. The van der Waals surface area contributed by atoms with Crippen molar-refractivity contribution < 1.29 is 31.8 Å². The Morgan fingerprint density at radius 1 is 1.29 bits per heavy atom. The van der Waals surface area contributed by atoms with E-state index in [0.717, 1.165) is 25.3 Å². The fourth-order valence-corrected chi connectivity index (χ4v) is 4.77. The molecule has 3 aromatic heterocycles. The molecule has 3 atom stereocenters. The zero-order valence-electron chi connectivity index (χ0n) is 17.5. The molecule has 0 unspecified atom stereocenters. The second-order valence-electron chi connectivity index (χ2n) is 8.98. The van der Waals surface area contributed by atoms with E-state index in [1.807, 2.05) is 0 Å². The number of halogens is 4. The van der Waals surface area contributed by atoms with Crippen molar-refractivity contribution in [1.29, 1.82) is 0 Å². The van der Waals surface area contributed by atoms with Crippen molar-refractivity contribution in [2.24, 2.45) is 5.92 Å². The van der Waals surface area contributed by atoms with Crippen LogP contribution >= 0.6 is 0 Å². The van der Waals surface area contributed by atoms with E-state index in [-0.39, 0.29) is 35.3 Å². The Bertz CT molecular complexity index is 1240. The third kappa shape index (κ3) is 3.52. The molecule has 1 saturated heterocycles. The van der Waals surface area contributed by atoms with E-state index in [4.69, 9.17) is 9.47 Å². The molecular formula is C20H19F4N7O3. The number of H-pyrrole nitrogens is 1. The summed E-state index contributed by atoms with van der Waals surface area (Å²) in [6, 6.07) is 2.22. The Balaban J connectivity index is 1.14. The van der Waals surface area contributed by atoms with E-state index in [2.05, 4.69) is 30.8 Å². The van der Waals surface area contributed by atoms with E-state index < -0.39 is 36.3 Å². The average molecular weight is 481 g/mol. The first-order valence-corrected chi connectivity index (χ1v) is 10.7. The van der Waals surface area contributed by atoms with E-state index in [0.29, 0.717) is 5.92 Å². The number of amides is 1. The van der Waals surface area contributed by atoms with E-state index >= 15 is 0 Å². The molecule has 1 amide bonds. The maximum absolute atomic E-state index is 15.0. The SMILES string of the molecule is O=C(NC12CC(C1)C2)O[C@H]1CO[C@@H](c2cc(Nc3nc(C(F)(F)F)cc4nccn34)n[nH]2)[C@H]1F. The van der Waals surface area contributed by atoms with Gasteiger partial charge in [0.15, 0.2) is 23.8 Å². The Kier molecular flexibility index (Phi) is 4.53. The van der Waals surface area contributed by atoms with Crippen LogP contribution in [0.2, 0.25) is 0 Å². The van der Waals surface area contributed by atoms with Gasteiger partial charge < -0.3 is 20.1 Å². The molecule has 1 aliphatic heterocycles. The fourth-order valence-electron chi connectivity index (χ4n) is 4.77. The summed E-state index contributed by atoms with van der Waals surface area (Å²) >= 11 is 0. The minimum Gasteiger partial charge on any atom is -0.441 e. The first-order valence-electron chi connectivity index (χ1n) is 10.7. The number of carbonyl (C=O) groups is 1. The van der Waals surface area contributed by atoms with Gasteiger partial charge in [-0.1, -0.05) is 0 Å². The van der Waals surface area contributed by atoms with Gasteiger partial charge in [0.25, 0.3) is 0 Å². The Hall–Kier alpha value is -3.42. The Morgan fingerprint density at radius 2 is 2.09 bits per heavy atom. The van der Waals surface area contributed by atoms with Gasteiger partial charge in [-0.3, -0.25) is 9.50 Å². The van der Waals surface area contributed by atoms with Gasteiger partial charge in [-0.25, -0.2) is 19.2 Å². The summed E-state index contributed by atoms with van der Waals surface area (Å²) in [6.45, 7) is -0.137. The van der Waals surface area contributed by atoms with Crippen LogP contribution in [-0.2, 0) is 15.7 Å². The van der Waals surface area contributed by atoms with Crippen molar-refractivity contribution in [3.05, 3.63) is 35.9 Å². The third-order valence-electron chi connectivity index (χ3n) is 6.57. The lowest BCUT2D eigenvalue weighted by molar-refractivity contribution is -0.141. The Labute approximate surface area is 189 Å².